The van der Waals surface area contributed by atoms with Gasteiger partial charge in [0.2, 0.25) is 0 Å². The lowest BCUT2D eigenvalue weighted by Gasteiger charge is -2.33. The molecule has 11 heavy (non-hydrogen) atoms. The lowest BCUT2D eigenvalue weighted by molar-refractivity contribution is 0.175. The molecule has 1 aliphatic carbocycles. The average molecular weight is 154 g/mol. The van der Waals surface area contributed by atoms with Crippen molar-refractivity contribution in [2.24, 2.45) is 17.8 Å². The molecule has 0 radical (unpaired) electrons. The van der Waals surface area contributed by atoms with Gasteiger partial charge in [0.1, 0.15) is 0 Å². The SMILES string of the molecule is CC[C@H]1CCCC[C@H]1C(C)C. The molecule has 1 aliphatic rings. The van der Waals surface area contributed by atoms with Crippen molar-refractivity contribution in [1.29, 1.82) is 0 Å². The first-order valence-corrected chi connectivity index (χ1v) is 5.25. The van der Waals surface area contributed by atoms with E-state index >= 15 is 0 Å². The van der Waals surface area contributed by atoms with E-state index in [0.717, 1.165) is 17.8 Å². The maximum atomic E-state index is 2.39. The summed E-state index contributed by atoms with van der Waals surface area (Å²) in [6.45, 7) is 7.13. The molecule has 2 atom stereocenters. The molecule has 0 unspecified atom stereocenters. The average Bonchev–Trinajstić information content (AvgIpc) is 2.04. The fourth-order valence-electron chi connectivity index (χ4n) is 2.62. The zero-order valence-electron chi connectivity index (χ0n) is 8.27. The summed E-state index contributed by atoms with van der Waals surface area (Å²) >= 11 is 0. The van der Waals surface area contributed by atoms with Gasteiger partial charge in [0.15, 0.2) is 0 Å². The van der Waals surface area contributed by atoms with Gasteiger partial charge >= 0.3 is 0 Å². The highest BCUT2D eigenvalue weighted by atomic mass is 14.3. The van der Waals surface area contributed by atoms with Crippen LogP contribution in [0.25, 0.3) is 0 Å². The third-order valence-electron chi connectivity index (χ3n) is 3.35. The normalized spacial score (nSPS) is 32.7. The quantitative estimate of drug-likeness (QED) is 0.566. The zero-order chi connectivity index (χ0) is 8.27. The molecule has 66 valence electrons. The molecule has 0 nitrogen and oxygen atoms in total. The minimum absolute atomic E-state index is 0.917. The molecule has 0 N–H and O–H groups in total. The van der Waals surface area contributed by atoms with Crippen LogP contribution < -0.4 is 0 Å². The molecule has 1 saturated carbocycles. The van der Waals surface area contributed by atoms with Crippen molar-refractivity contribution in [2.75, 3.05) is 0 Å². The van der Waals surface area contributed by atoms with Crippen LogP contribution in [0.4, 0.5) is 0 Å². The Morgan fingerprint density at radius 3 is 2.27 bits per heavy atom. The molecule has 0 aromatic heterocycles. The Kier molecular flexibility index (Phi) is 3.42. The minimum Gasteiger partial charge on any atom is -0.0651 e. The van der Waals surface area contributed by atoms with Crippen LogP contribution in [0.2, 0.25) is 0 Å². The fraction of sp³-hybridized carbons (Fsp3) is 1.00. The number of hydrogen-bond donors (Lipinski definition) is 0. The van der Waals surface area contributed by atoms with Crippen molar-refractivity contribution in [3.63, 3.8) is 0 Å². The molecule has 1 fully saturated rings. The molecule has 0 heteroatoms. The zero-order valence-corrected chi connectivity index (χ0v) is 8.27. The van der Waals surface area contributed by atoms with Crippen LogP contribution in [0.1, 0.15) is 52.9 Å². The first-order chi connectivity index (χ1) is 5.25. The molecule has 0 aliphatic heterocycles. The van der Waals surface area contributed by atoms with E-state index < -0.39 is 0 Å². The van der Waals surface area contributed by atoms with Crippen LogP contribution in [0, 0.1) is 17.8 Å². The van der Waals surface area contributed by atoms with Crippen LogP contribution >= 0.6 is 0 Å². The third-order valence-corrected chi connectivity index (χ3v) is 3.35. The second kappa shape index (κ2) is 4.13. The van der Waals surface area contributed by atoms with E-state index in [1.165, 1.54) is 32.1 Å². The van der Waals surface area contributed by atoms with E-state index in [2.05, 4.69) is 20.8 Å². The van der Waals surface area contributed by atoms with Crippen molar-refractivity contribution >= 4 is 0 Å². The fourth-order valence-corrected chi connectivity index (χ4v) is 2.62. The van der Waals surface area contributed by atoms with E-state index in [0.29, 0.717) is 0 Å². The summed E-state index contributed by atoms with van der Waals surface area (Å²) in [5.41, 5.74) is 0. The van der Waals surface area contributed by atoms with Crippen molar-refractivity contribution in [2.45, 2.75) is 52.9 Å². The molecule has 0 amide bonds. The molecule has 0 aromatic rings. The van der Waals surface area contributed by atoms with Crippen molar-refractivity contribution < 1.29 is 0 Å². The lowest BCUT2D eigenvalue weighted by atomic mass is 9.72. The maximum Gasteiger partial charge on any atom is -0.0363 e. The summed E-state index contributed by atoms with van der Waals surface area (Å²) in [4.78, 5) is 0. The molecule has 0 spiro atoms. The van der Waals surface area contributed by atoms with Gasteiger partial charge in [-0.15, -0.1) is 0 Å². The first kappa shape index (κ1) is 9.09. The molecule has 0 heterocycles. The predicted molar refractivity (Wildman–Crippen MR) is 50.6 cm³/mol. The lowest BCUT2D eigenvalue weighted by Crippen LogP contribution is -2.23. The molecular weight excluding hydrogens is 132 g/mol. The standard InChI is InChI=1S/C11H22/c1-4-10-7-5-6-8-11(10)9(2)3/h9-11H,4-8H2,1-3H3/t10-,11-/m0/s1. The monoisotopic (exact) mass is 154 g/mol. The van der Waals surface area contributed by atoms with Gasteiger partial charge < -0.3 is 0 Å². The summed E-state index contributed by atoms with van der Waals surface area (Å²) < 4.78 is 0. The van der Waals surface area contributed by atoms with E-state index in [1.54, 1.807) is 0 Å². The Morgan fingerprint density at radius 2 is 1.82 bits per heavy atom. The van der Waals surface area contributed by atoms with Crippen LogP contribution in [0.15, 0.2) is 0 Å². The van der Waals surface area contributed by atoms with Gasteiger partial charge in [0.25, 0.3) is 0 Å². The van der Waals surface area contributed by atoms with E-state index in [-0.39, 0.29) is 0 Å². The molecule has 0 aromatic carbocycles. The van der Waals surface area contributed by atoms with Gasteiger partial charge in [-0.05, 0) is 24.2 Å². The van der Waals surface area contributed by atoms with Crippen LogP contribution in [-0.2, 0) is 0 Å². The first-order valence-electron chi connectivity index (χ1n) is 5.25. The molecule has 1 rings (SSSR count). The van der Waals surface area contributed by atoms with Gasteiger partial charge in [0, 0.05) is 0 Å². The molecule has 0 saturated heterocycles. The summed E-state index contributed by atoms with van der Waals surface area (Å²) in [6, 6.07) is 0. The Balaban J connectivity index is 2.44. The number of rotatable bonds is 2. The highest BCUT2D eigenvalue weighted by molar-refractivity contribution is 4.76. The Labute approximate surface area is 71.4 Å². The van der Waals surface area contributed by atoms with Crippen LogP contribution in [-0.4, -0.2) is 0 Å². The van der Waals surface area contributed by atoms with E-state index in [9.17, 15) is 0 Å². The predicted octanol–water partition coefficient (Wildman–Crippen LogP) is 3.86. The van der Waals surface area contributed by atoms with Crippen LogP contribution in [0.3, 0.4) is 0 Å². The van der Waals surface area contributed by atoms with Gasteiger partial charge in [-0.1, -0.05) is 46.5 Å². The van der Waals surface area contributed by atoms with Gasteiger partial charge in [-0.25, -0.2) is 0 Å². The Hall–Kier alpha value is 0. The van der Waals surface area contributed by atoms with E-state index in [4.69, 9.17) is 0 Å². The van der Waals surface area contributed by atoms with Crippen molar-refractivity contribution in [1.82, 2.24) is 0 Å². The summed E-state index contributed by atoms with van der Waals surface area (Å²) in [6.07, 6.45) is 7.37. The van der Waals surface area contributed by atoms with Crippen molar-refractivity contribution in [3.05, 3.63) is 0 Å². The van der Waals surface area contributed by atoms with E-state index in [1.807, 2.05) is 0 Å². The van der Waals surface area contributed by atoms with Gasteiger partial charge in [-0.2, -0.15) is 0 Å². The Bertz CT molecular complexity index is 105. The summed E-state index contributed by atoms with van der Waals surface area (Å²) in [5, 5.41) is 0. The highest BCUT2D eigenvalue weighted by Crippen LogP contribution is 2.36. The summed E-state index contributed by atoms with van der Waals surface area (Å²) in [5.74, 6) is 3.00. The maximum absolute atomic E-state index is 2.39. The topological polar surface area (TPSA) is 0 Å². The van der Waals surface area contributed by atoms with Crippen molar-refractivity contribution in [3.8, 4) is 0 Å². The third kappa shape index (κ3) is 2.21. The minimum atomic E-state index is 0.917. The van der Waals surface area contributed by atoms with Gasteiger partial charge in [0.05, 0.1) is 0 Å². The second-order valence-corrected chi connectivity index (χ2v) is 4.36. The number of hydrogen-bond acceptors (Lipinski definition) is 0. The Morgan fingerprint density at radius 1 is 1.18 bits per heavy atom. The molecular formula is C11H22. The highest BCUT2D eigenvalue weighted by Gasteiger charge is 2.25. The largest absolute Gasteiger partial charge is 0.0651 e. The smallest absolute Gasteiger partial charge is 0.0363 e. The van der Waals surface area contributed by atoms with Gasteiger partial charge in [-0.3, -0.25) is 0 Å². The van der Waals surface area contributed by atoms with Crippen LogP contribution in [0.5, 0.6) is 0 Å². The summed E-state index contributed by atoms with van der Waals surface area (Å²) in [7, 11) is 0. The second-order valence-electron chi connectivity index (χ2n) is 4.36. The molecule has 0 bridgehead atoms.